The van der Waals surface area contributed by atoms with Gasteiger partial charge in [0.25, 0.3) is 5.91 Å². The number of benzene rings is 1. The number of hydrogen-bond donors (Lipinski definition) is 2. The van der Waals surface area contributed by atoms with Crippen LogP contribution in [0, 0.1) is 5.92 Å². The van der Waals surface area contributed by atoms with Gasteiger partial charge in [0.1, 0.15) is 17.8 Å². The molecule has 26 heavy (non-hydrogen) atoms. The monoisotopic (exact) mass is 359 g/mol. The average molecular weight is 359 g/mol. The average Bonchev–Trinajstić information content (AvgIpc) is 2.88. The SMILES string of the molecule is COc1ccc(CNC(=O)CN2C(=O)N[C@]3(CCCC[C@@H]3C)C2=O)cc1. The molecule has 1 spiro atoms. The van der Waals surface area contributed by atoms with Crippen molar-refractivity contribution in [2.45, 2.75) is 44.7 Å². The van der Waals surface area contributed by atoms with E-state index in [1.165, 1.54) is 0 Å². The molecular formula is C19H25N3O4. The molecule has 1 aliphatic heterocycles. The number of nitrogens with zero attached hydrogens (tertiary/aromatic N) is 1. The minimum Gasteiger partial charge on any atom is -0.497 e. The summed E-state index contributed by atoms with van der Waals surface area (Å²) >= 11 is 0. The van der Waals surface area contributed by atoms with Crippen LogP contribution in [0.4, 0.5) is 4.79 Å². The highest BCUT2D eigenvalue weighted by atomic mass is 16.5. The number of carbonyl (C=O) groups is 3. The van der Waals surface area contributed by atoms with Crippen molar-refractivity contribution in [3.8, 4) is 5.75 Å². The normalized spacial score (nSPS) is 25.3. The molecule has 2 atom stereocenters. The number of imide groups is 1. The maximum absolute atomic E-state index is 12.8. The van der Waals surface area contributed by atoms with Crippen LogP contribution in [-0.4, -0.2) is 41.9 Å². The Bertz CT molecular complexity index is 703. The molecule has 1 saturated heterocycles. The molecule has 0 unspecified atom stereocenters. The topological polar surface area (TPSA) is 87.7 Å². The molecule has 2 aliphatic rings. The Balaban J connectivity index is 1.58. The van der Waals surface area contributed by atoms with Gasteiger partial charge in [-0.05, 0) is 36.5 Å². The van der Waals surface area contributed by atoms with Crippen LogP contribution in [0.5, 0.6) is 5.75 Å². The van der Waals surface area contributed by atoms with E-state index in [-0.39, 0.29) is 24.3 Å². The van der Waals surface area contributed by atoms with Gasteiger partial charge in [0.2, 0.25) is 5.91 Å². The first-order chi connectivity index (χ1) is 12.5. The highest BCUT2D eigenvalue weighted by molar-refractivity contribution is 6.09. The lowest BCUT2D eigenvalue weighted by Gasteiger charge is -2.36. The van der Waals surface area contributed by atoms with E-state index in [4.69, 9.17) is 4.74 Å². The molecular weight excluding hydrogens is 334 g/mol. The van der Waals surface area contributed by atoms with Gasteiger partial charge in [-0.1, -0.05) is 31.9 Å². The fraction of sp³-hybridized carbons (Fsp3) is 0.526. The first-order valence-electron chi connectivity index (χ1n) is 9.00. The van der Waals surface area contributed by atoms with Gasteiger partial charge in [0.05, 0.1) is 7.11 Å². The Kier molecular flexibility index (Phi) is 5.15. The number of urea groups is 1. The van der Waals surface area contributed by atoms with Crippen molar-refractivity contribution in [3.63, 3.8) is 0 Å². The fourth-order valence-electron chi connectivity index (χ4n) is 3.78. The first-order valence-corrected chi connectivity index (χ1v) is 9.00. The van der Waals surface area contributed by atoms with Gasteiger partial charge in [-0.3, -0.25) is 14.5 Å². The Morgan fingerprint density at radius 3 is 2.69 bits per heavy atom. The van der Waals surface area contributed by atoms with E-state index in [2.05, 4.69) is 10.6 Å². The zero-order chi connectivity index (χ0) is 18.7. The Morgan fingerprint density at radius 2 is 2.04 bits per heavy atom. The van der Waals surface area contributed by atoms with Crippen molar-refractivity contribution in [2.24, 2.45) is 5.92 Å². The van der Waals surface area contributed by atoms with Gasteiger partial charge >= 0.3 is 6.03 Å². The second-order valence-electron chi connectivity index (χ2n) is 7.06. The van der Waals surface area contributed by atoms with Crippen molar-refractivity contribution in [3.05, 3.63) is 29.8 Å². The second-order valence-corrected chi connectivity index (χ2v) is 7.06. The quantitative estimate of drug-likeness (QED) is 0.785. The third-order valence-electron chi connectivity index (χ3n) is 5.45. The van der Waals surface area contributed by atoms with Crippen LogP contribution in [0.15, 0.2) is 24.3 Å². The number of amides is 4. The van der Waals surface area contributed by atoms with Gasteiger partial charge in [0.15, 0.2) is 0 Å². The summed E-state index contributed by atoms with van der Waals surface area (Å²) in [5.41, 5.74) is 0.0831. The molecule has 1 aliphatic carbocycles. The van der Waals surface area contributed by atoms with Gasteiger partial charge in [-0.15, -0.1) is 0 Å². The van der Waals surface area contributed by atoms with Crippen molar-refractivity contribution in [2.75, 3.05) is 13.7 Å². The van der Waals surface area contributed by atoms with E-state index in [9.17, 15) is 14.4 Å². The van der Waals surface area contributed by atoms with Crippen LogP contribution < -0.4 is 15.4 Å². The number of carbonyl (C=O) groups excluding carboxylic acids is 3. The summed E-state index contributed by atoms with van der Waals surface area (Å²) in [5, 5.41) is 5.61. The van der Waals surface area contributed by atoms with Crippen LogP contribution in [0.2, 0.25) is 0 Å². The number of ether oxygens (including phenoxy) is 1. The molecule has 2 N–H and O–H groups in total. The lowest BCUT2D eigenvalue weighted by Crippen LogP contribution is -2.54. The first kappa shape index (κ1) is 18.2. The van der Waals surface area contributed by atoms with Crippen LogP contribution in [-0.2, 0) is 16.1 Å². The van der Waals surface area contributed by atoms with E-state index in [0.29, 0.717) is 13.0 Å². The molecule has 1 aromatic carbocycles. The molecule has 7 nitrogen and oxygen atoms in total. The minimum atomic E-state index is -0.828. The van der Waals surface area contributed by atoms with Crippen molar-refractivity contribution < 1.29 is 19.1 Å². The highest BCUT2D eigenvalue weighted by Crippen LogP contribution is 2.38. The maximum Gasteiger partial charge on any atom is 0.325 e. The summed E-state index contributed by atoms with van der Waals surface area (Å²) in [5.74, 6) is 0.200. The molecule has 1 saturated carbocycles. The van der Waals surface area contributed by atoms with Gasteiger partial charge in [-0.25, -0.2) is 4.79 Å². The summed E-state index contributed by atoms with van der Waals surface area (Å²) in [4.78, 5) is 38.4. The maximum atomic E-state index is 12.8. The lowest BCUT2D eigenvalue weighted by atomic mass is 9.73. The molecule has 0 aromatic heterocycles. The number of hydrogen-bond acceptors (Lipinski definition) is 4. The summed E-state index contributed by atoms with van der Waals surface area (Å²) in [6.45, 7) is 2.06. The molecule has 1 aromatic rings. The van der Waals surface area contributed by atoms with Gasteiger partial charge in [-0.2, -0.15) is 0 Å². The minimum absolute atomic E-state index is 0.0834. The van der Waals surface area contributed by atoms with Crippen LogP contribution >= 0.6 is 0 Å². The number of nitrogens with one attached hydrogen (secondary N) is 2. The molecule has 1 heterocycles. The Hall–Kier alpha value is -2.57. The van der Waals surface area contributed by atoms with E-state index in [0.717, 1.165) is 35.5 Å². The largest absolute Gasteiger partial charge is 0.497 e. The van der Waals surface area contributed by atoms with Crippen LogP contribution in [0.25, 0.3) is 0 Å². The standard InChI is InChI=1S/C19H25N3O4/c1-13-5-3-4-10-19(13)17(24)22(18(25)21-19)12-16(23)20-11-14-6-8-15(26-2)9-7-14/h6-9,13H,3-5,10-12H2,1-2H3,(H,20,23)(H,21,25)/t13-,19-/m0/s1. The van der Waals surface area contributed by atoms with E-state index >= 15 is 0 Å². The highest BCUT2D eigenvalue weighted by Gasteiger charge is 2.55. The number of rotatable bonds is 5. The molecule has 7 heteroatoms. The Labute approximate surface area is 153 Å². The zero-order valence-electron chi connectivity index (χ0n) is 15.2. The van der Waals surface area contributed by atoms with Gasteiger partial charge in [0, 0.05) is 6.54 Å². The summed E-state index contributed by atoms with van der Waals surface area (Å²) in [6, 6.07) is 6.86. The van der Waals surface area contributed by atoms with Crippen LogP contribution in [0.3, 0.4) is 0 Å². The number of methoxy groups -OCH3 is 1. The molecule has 0 radical (unpaired) electrons. The zero-order valence-corrected chi connectivity index (χ0v) is 15.2. The van der Waals surface area contributed by atoms with Crippen molar-refractivity contribution in [1.29, 1.82) is 0 Å². The summed E-state index contributed by atoms with van der Waals surface area (Å²) < 4.78 is 5.09. The molecule has 4 amide bonds. The molecule has 140 valence electrons. The fourth-order valence-corrected chi connectivity index (χ4v) is 3.78. The molecule has 0 bridgehead atoms. The molecule has 2 fully saturated rings. The van der Waals surface area contributed by atoms with Crippen molar-refractivity contribution >= 4 is 17.8 Å². The van der Waals surface area contributed by atoms with Gasteiger partial charge < -0.3 is 15.4 Å². The third-order valence-corrected chi connectivity index (χ3v) is 5.45. The van der Waals surface area contributed by atoms with Crippen LogP contribution in [0.1, 0.15) is 38.2 Å². The third kappa shape index (κ3) is 3.38. The summed E-state index contributed by atoms with van der Waals surface area (Å²) in [7, 11) is 1.59. The predicted octanol–water partition coefficient (Wildman–Crippen LogP) is 1.81. The molecule has 3 rings (SSSR count). The Morgan fingerprint density at radius 1 is 1.31 bits per heavy atom. The summed E-state index contributed by atoms with van der Waals surface area (Å²) in [6.07, 6.45) is 3.52. The predicted molar refractivity (Wildman–Crippen MR) is 95.4 cm³/mol. The van der Waals surface area contributed by atoms with E-state index in [1.807, 2.05) is 31.2 Å². The lowest BCUT2D eigenvalue weighted by molar-refractivity contribution is -0.137. The van der Waals surface area contributed by atoms with E-state index < -0.39 is 11.6 Å². The van der Waals surface area contributed by atoms with Crippen molar-refractivity contribution in [1.82, 2.24) is 15.5 Å². The van der Waals surface area contributed by atoms with E-state index in [1.54, 1.807) is 7.11 Å². The second kappa shape index (κ2) is 7.35. The smallest absolute Gasteiger partial charge is 0.325 e.